The minimum atomic E-state index is -0.0918. The molecule has 3 nitrogen and oxygen atoms in total. The van der Waals surface area contributed by atoms with E-state index in [0.717, 1.165) is 18.6 Å². The van der Waals surface area contributed by atoms with Gasteiger partial charge in [0.15, 0.2) is 0 Å². The third-order valence-electron chi connectivity index (χ3n) is 4.97. The topological polar surface area (TPSA) is 41.5 Å². The first kappa shape index (κ1) is 21.0. The van der Waals surface area contributed by atoms with Crippen LogP contribution in [-0.4, -0.2) is 16.9 Å². The number of hydrogen-bond donors (Lipinski definition) is 1. The van der Waals surface area contributed by atoms with E-state index in [2.05, 4.69) is 22.7 Å². The minimum absolute atomic E-state index is 0.0181. The van der Waals surface area contributed by atoms with E-state index < -0.39 is 0 Å². The predicted molar refractivity (Wildman–Crippen MR) is 114 cm³/mol. The molecule has 1 saturated carbocycles. The number of rotatable bonds is 5. The van der Waals surface area contributed by atoms with Crippen molar-refractivity contribution >= 4 is 23.4 Å². The fraction of sp³-hybridized carbons (Fsp3) is 0.636. The van der Waals surface area contributed by atoms with Gasteiger partial charge in [-0.15, -0.1) is 11.8 Å². The lowest BCUT2D eigenvalue weighted by Crippen LogP contribution is -2.28. The molecular formula is C22H34N2OS. The fourth-order valence-corrected chi connectivity index (χ4v) is 4.07. The van der Waals surface area contributed by atoms with E-state index in [-0.39, 0.29) is 11.2 Å². The van der Waals surface area contributed by atoms with Crippen LogP contribution in [0, 0.1) is 0 Å². The quantitative estimate of drug-likeness (QED) is 0.634. The zero-order valence-electron chi connectivity index (χ0n) is 16.2. The summed E-state index contributed by atoms with van der Waals surface area (Å²) in [6.45, 7) is 1.96. The summed E-state index contributed by atoms with van der Waals surface area (Å²) in [6, 6.07) is 10.3. The third kappa shape index (κ3) is 8.88. The van der Waals surface area contributed by atoms with Crippen LogP contribution in [-0.2, 0) is 10.5 Å². The van der Waals surface area contributed by atoms with Gasteiger partial charge in [0, 0.05) is 11.5 Å². The molecule has 1 amide bonds. The summed E-state index contributed by atoms with van der Waals surface area (Å²) in [4.78, 5) is 12.3. The molecule has 1 aromatic rings. The summed E-state index contributed by atoms with van der Waals surface area (Å²) in [5.41, 5.74) is 5.26. The Balaban J connectivity index is 1.76. The van der Waals surface area contributed by atoms with Gasteiger partial charge in [0.2, 0.25) is 0 Å². The SMILES string of the molecule is C[C@H](SCc1ccccc1)C(=O)NN=C1CCCCCCCCCCC1. The van der Waals surface area contributed by atoms with Crippen LogP contribution in [0.2, 0.25) is 0 Å². The van der Waals surface area contributed by atoms with Gasteiger partial charge in [0.25, 0.3) is 5.91 Å². The highest BCUT2D eigenvalue weighted by molar-refractivity contribution is 7.99. The van der Waals surface area contributed by atoms with Gasteiger partial charge in [-0.25, -0.2) is 5.43 Å². The summed E-state index contributed by atoms with van der Waals surface area (Å²) >= 11 is 1.66. The van der Waals surface area contributed by atoms with Crippen LogP contribution in [0.25, 0.3) is 0 Å². The fourth-order valence-electron chi connectivity index (χ4n) is 3.23. The highest BCUT2D eigenvalue weighted by Crippen LogP contribution is 2.18. The molecule has 0 unspecified atom stereocenters. The Morgan fingerprint density at radius 1 is 0.962 bits per heavy atom. The zero-order valence-corrected chi connectivity index (χ0v) is 17.0. The Labute approximate surface area is 163 Å². The van der Waals surface area contributed by atoms with Crippen LogP contribution in [0.4, 0.5) is 0 Å². The van der Waals surface area contributed by atoms with E-state index in [1.165, 1.54) is 69.1 Å². The molecule has 1 aliphatic rings. The Kier molecular flexibility index (Phi) is 10.5. The monoisotopic (exact) mass is 374 g/mol. The number of hydrazone groups is 1. The first-order valence-corrected chi connectivity index (χ1v) is 11.3. The first-order chi connectivity index (χ1) is 12.8. The Morgan fingerprint density at radius 2 is 1.50 bits per heavy atom. The standard InChI is InChI=1S/C22H34N2OS/c1-19(26-18-20-14-10-9-11-15-20)22(25)24-23-21-16-12-7-5-3-2-4-6-8-13-17-21/h9-11,14-15,19H,2-8,12-13,16-18H2,1H3,(H,24,25)/t19-/m0/s1. The van der Waals surface area contributed by atoms with Crippen molar-refractivity contribution < 1.29 is 4.79 Å². The van der Waals surface area contributed by atoms with Crippen molar-refractivity contribution in [1.82, 2.24) is 5.43 Å². The predicted octanol–water partition coefficient (Wildman–Crippen LogP) is 6.09. The molecule has 0 aliphatic heterocycles. The van der Waals surface area contributed by atoms with Gasteiger partial charge in [-0.2, -0.15) is 5.10 Å². The molecule has 1 fully saturated rings. The molecule has 1 N–H and O–H groups in total. The molecule has 144 valence electrons. The Hall–Kier alpha value is -1.29. The number of carbonyl (C=O) groups is 1. The van der Waals surface area contributed by atoms with Crippen molar-refractivity contribution in [2.45, 2.75) is 88.6 Å². The van der Waals surface area contributed by atoms with Crippen LogP contribution < -0.4 is 5.43 Å². The highest BCUT2D eigenvalue weighted by Gasteiger charge is 2.13. The molecular weight excluding hydrogens is 340 g/mol. The zero-order chi connectivity index (χ0) is 18.5. The maximum Gasteiger partial charge on any atom is 0.252 e. The molecule has 0 saturated heterocycles. The molecule has 0 spiro atoms. The average molecular weight is 375 g/mol. The molecule has 1 aromatic carbocycles. The molecule has 0 bridgehead atoms. The van der Waals surface area contributed by atoms with Gasteiger partial charge >= 0.3 is 0 Å². The van der Waals surface area contributed by atoms with Crippen molar-refractivity contribution in [3.8, 4) is 0 Å². The Morgan fingerprint density at radius 3 is 2.08 bits per heavy atom. The van der Waals surface area contributed by atoms with E-state index in [9.17, 15) is 4.79 Å². The molecule has 0 radical (unpaired) electrons. The third-order valence-corrected chi connectivity index (χ3v) is 6.18. The molecule has 26 heavy (non-hydrogen) atoms. The van der Waals surface area contributed by atoms with Crippen molar-refractivity contribution in [2.75, 3.05) is 0 Å². The van der Waals surface area contributed by atoms with Crippen LogP contribution in [0.3, 0.4) is 0 Å². The second kappa shape index (κ2) is 13.0. The lowest BCUT2D eigenvalue weighted by Gasteiger charge is -2.12. The summed E-state index contributed by atoms with van der Waals surface area (Å²) in [5, 5.41) is 4.40. The number of amides is 1. The Bertz CT molecular complexity index is 530. The van der Waals surface area contributed by atoms with E-state index >= 15 is 0 Å². The summed E-state index contributed by atoms with van der Waals surface area (Å²) < 4.78 is 0. The van der Waals surface area contributed by atoms with E-state index in [4.69, 9.17) is 0 Å². The van der Waals surface area contributed by atoms with Crippen LogP contribution in [0.15, 0.2) is 35.4 Å². The maximum absolute atomic E-state index is 12.3. The summed E-state index contributed by atoms with van der Waals surface area (Å²) in [5.74, 6) is 0.871. The number of benzene rings is 1. The molecule has 0 heterocycles. The largest absolute Gasteiger partial charge is 0.272 e. The molecule has 0 aromatic heterocycles. The maximum atomic E-state index is 12.3. The van der Waals surface area contributed by atoms with Gasteiger partial charge < -0.3 is 0 Å². The molecule has 1 aliphatic carbocycles. The number of nitrogens with zero attached hydrogens (tertiary/aromatic N) is 1. The highest BCUT2D eigenvalue weighted by atomic mass is 32.2. The summed E-state index contributed by atoms with van der Waals surface area (Å²) in [6.07, 6.45) is 13.9. The first-order valence-electron chi connectivity index (χ1n) is 10.3. The van der Waals surface area contributed by atoms with Crippen molar-refractivity contribution in [2.24, 2.45) is 5.10 Å². The summed E-state index contributed by atoms with van der Waals surface area (Å²) in [7, 11) is 0. The van der Waals surface area contributed by atoms with Crippen LogP contribution in [0.5, 0.6) is 0 Å². The van der Waals surface area contributed by atoms with E-state index in [1.807, 2.05) is 25.1 Å². The smallest absolute Gasteiger partial charge is 0.252 e. The normalized spacial score (nSPS) is 18.3. The average Bonchev–Trinajstić information content (AvgIpc) is 2.66. The van der Waals surface area contributed by atoms with Gasteiger partial charge in [0.05, 0.1) is 5.25 Å². The number of nitrogens with one attached hydrogen (secondary N) is 1. The minimum Gasteiger partial charge on any atom is -0.272 e. The van der Waals surface area contributed by atoms with Crippen LogP contribution >= 0.6 is 11.8 Å². The van der Waals surface area contributed by atoms with Crippen LogP contribution in [0.1, 0.15) is 83.1 Å². The van der Waals surface area contributed by atoms with Gasteiger partial charge in [-0.05, 0) is 38.2 Å². The lowest BCUT2D eigenvalue weighted by molar-refractivity contribution is -0.120. The second-order valence-electron chi connectivity index (χ2n) is 7.27. The van der Waals surface area contributed by atoms with Crippen molar-refractivity contribution in [1.29, 1.82) is 0 Å². The molecule has 4 heteroatoms. The van der Waals surface area contributed by atoms with Gasteiger partial charge in [-0.1, -0.05) is 75.3 Å². The lowest BCUT2D eigenvalue weighted by atomic mass is 10.00. The number of hydrogen-bond acceptors (Lipinski definition) is 3. The molecule has 2 rings (SSSR count). The number of thioether (sulfide) groups is 1. The van der Waals surface area contributed by atoms with Crippen molar-refractivity contribution in [3.63, 3.8) is 0 Å². The second-order valence-corrected chi connectivity index (χ2v) is 8.60. The number of carbonyl (C=O) groups excluding carboxylic acids is 1. The van der Waals surface area contributed by atoms with Gasteiger partial charge in [-0.3, -0.25) is 4.79 Å². The molecule has 1 atom stereocenters. The van der Waals surface area contributed by atoms with Crippen molar-refractivity contribution in [3.05, 3.63) is 35.9 Å². The van der Waals surface area contributed by atoms with Gasteiger partial charge in [0.1, 0.15) is 0 Å². The van der Waals surface area contributed by atoms with E-state index in [0.29, 0.717) is 0 Å². The van der Waals surface area contributed by atoms with E-state index in [1.54, 1.807) is 11.8 Å².